The Morgan fingerprint density at radius 1 is 1.12 bits per heavy atom. The number of carbonyl (C=O) groups is 1. The number of rotatable bonds is 6. The number of aromatic nitrogens is 2. The number of primary amides is 1. The van der Waals surface area contributed by atoms with Gasteiger partial charge in [-0.25, -0.2) is 4.98 Å². The van der Waals surface area contributed by atoms with Gasteiger partial charge in [0.1, 0.15) is 11.4 Å². The molecule has 3 aliphatic rings. The first-order valence-corrected chi connectivity index (χ1v) is 11.3. The van der Waals surface area contributed by atoms with Crippen LogP contribution in [0.15, 0.2) is 24.4 Å². The molecule has 5 rings (SSSR count). The van der Waals surface area contributed by atoms with Crippen LogP contribution in [0.2, 0.25) is 0 Å². The molecule has 9 nitrogen and oxygen atoms in total. The molecule has 1 aromatic heterocycles. The van der Waals surface area contributed by atoms with E-state index in [9.17, 15) is 15.3 Å². The second-order valence-electron chi connectivity index (χ2n) is 9.46. The molecular weight excluding hydrogens is 416 g/mol. The molecule has 9 heteroatoms. The Bertz CT molecular complexity index is 1150. The van der Waals surface area contributed by atoms with Gasteiger partial charge in [-0.3, -0.25) is 4.79 Å². The maximum atomic E-state index is 12.1. The van der Waals surface area contributed by atoms with Crippen molar-refractivity contribution in [3.8, 4) is 12.1 Å². The van der Waals surface area contributed by atoms with E-state index < -0.39 is 16.7 Å². The highest BCUT2D eigenvalue weighted by Gasteiger charge is 2.49. The minimum Gasteiger partial charge on any atom is -0.365 e. The van der Waals surface area contributed by atoms with Crippen LogP contribution in [0.3, 0.4) is 0 Å². The summed E-state index contributed by atoms with van der Waals surface area (Å²) in [4.78, 5) is 23.1. The lowest BCUT2D eigenvalue weighted by Crippen LogP contribution is -2.43. The third-order valence-corrected chi connectivity index (χ3v) is 7.01. The number of anilines is 3. The predicted octanol–water partition coefficient (Wildman–Crippen LogP) is 2.36. The normalized spacial score (nSPS) is 22.0. The topological polar surface area (TPSA) is 158 Å². The Kier molecular flexibility index (Phi) is 4.95. The van der Waals surface area contributed by atoms with Crippen molar-refractivity contribution in [1.82, 2.24) is 9.97 Å². The van der Waals surface area contributed by atoms with E-state index in [4.69, 9.17) is 11.5 Å². The summed E-state index contributed by atoms with van der Waals surface area (Å²) in [6.45, 7) is 1.43. The molecule has 3 fully saturated rings. The fraction of sp³-hybridized carbons (Fsp3) is 0.458. The zero-order chi connectivity index (χ0) is 23.2. The van der Waals surface area contributed by atoms with Crippen LogP contribution in [0.4, 0.5) is 17.5 Å². The molecule has 2 saturated carbocycles. The standard InChI is InChI=1S/C24H26N8O/c25-13-23(3-4-23)15-8-16(24(14-26)5-6-24)10-18(9-15)30-21-19(20(28)33)11-29-22(31-21)32-7-1-2-17(27)12-32/h8-11,17H,1-7,12,27H2,(H2,28,33)(H,29,30,31). The molecule has 1 amide bonds. The molecule has 1 atom stereocenters. The Morgan fingerprint density at radius 2 is 1.76 bits per heavy atom. The molecule has 2 heterocycles. The van der Waals surface area contributed by atoms with Gasteiger partial charge in [0.15, 0.2) is 0 Å². The number of carbonyl (C=O) groups excluding carboxylic acids is 1. The summed E-state index contributed by atoms with van der Waals surface area (Å²) in [5.74, 6) is 0.154. The van der Waals surface area contributed by atoms with E-state index in [1.54, 1.807) is 0 Å². The lowest BCUT2D eigenvalue weighted by Gasteiger charge is -2.31. The largest absolute Gasteiger partial charge is 0.365 e. The summed E-state index contributed by atoms with van der Waals surface area (Å²) in [7, 11) is 0. The summed E-state index contributed by atoms with van der Waals surface area (Å²) in [5, 5.41) is 22.7. The first-order valence-electron chi connectivity index (χ1n) is 11.3. The lowest BCUT2D eigenvalue weighted by atomic mass is 9.89. The molecule has 5 N–H and O–H groups in total. The zero-order valence-corrected chi connectivity index (χ0v) is 18.3. The highest BCUT2D eigenvalue weighted by molar-refractivity contribution is 5.98. The minimum absolute atomic E-state index is 0.0512. The van der Waals surface area contributed by atoms with E-state index in [0.29, 0.717) is 24.0 Å². The number of nitrogens with two attached hydrogens (primary N) is 2. The van der Waals surface area contributed by atoms with Crippen molar-refractivity contribution in [3.63, 3.8) is 0 Å². The minimum atomic E-state index is -0.637. The maximum Gasteiger partial charge on any atom is 0.254 e. The number of piperidine rings is 1. The van der Waals surface area contributed by atoms with E-state index in [-0.39, 0.29) is 11.6 Å². The molecule has 1 unspecified atom stereocenters. The summed E-state index contributed by atoms with van der Waals surface area (Å²) in [5.41, 5.74) is 13.3. The highest BCUT2D eigenvalue weighted by atomic mass is 16.1. The van der Waals surface area contributed by atoms with Gasteiger partial charge in [0.25, 0.3) is 5.91 Å². The first-order chi connectivity index (χ1) is 15.9. The third-order valence-electron chi connectivity index (χ3n) is 7.01. The molecule has 33 heavy (non-hydrogen) atoms. The van der Waals surface area contributed by atoms with Gasteiger partial charge in [-0.1, -0.05) is 6.07 Å². The Morgan fingerprint density at radius 3 is 2.27 bits per heavy atom. The molecule has 1 aromatic carbocycles. The van der Waals surface area contributed by atoms with Crippen LogP contribution in [-0.4, -0.2) is 35.0 Å². The van der Waals surface area contributed by atoms with Gasteiger partial charge in [0, 0.05) is 31.0 Å². The lowest BCUT2D eigenvalue weighted by molar-refractivity contribution is 0.100. The van der Waals surface area contributed by atoms with Crippen molar-refractivity contribution in [3.05, 3.63) is 41.1 Å². The smallest absolute Gasteiger partial charge is 0.254 e. The third kappa shape index (κ3) is 3.85. The predicted molar refractivity (Wildman–Crippen MR) is 123 cm³/mol. The molecule has 2 aromatic rings. The summed E-state index contributed by atoms with van der Waals surface area (Å²) >= 11 is 0. The van der Waals surface area contributed by atoms with Crippen LogP contribution in [0.1, 0.15) is 60.0 Å². The summed E-state index contributed by atoms with van der Waals surface area (Å²) in [6.07, 6.45) is 6.53. The zero-order valence-electron chi connectivity index (χ0n) is 18.3. The molecule has 0 bridgehead atoms. The Labute approximate surface area is 192 Å². The molecular formula is C24H26N8O. The number of benzene rings is 1. The van der Waals surface area contributed by atoms with Crippen LogP contribution in [0.25, 0.3) is 0 Å². The number of hydrogen-bond donors (Lipinski definition) is 3. The summed E-state index contributed by atoms with van der Waals surface area (Å²) < 4.78 is 0. The highest BCUT2D eigenvalue weighted by Crippen LogP contribution is 2.52. The number of nitriles is 2. The van der Waals surface area contributed by atoms with E-state index in [2.05, 4.69) is 27.4 Å². The van der Waals surface area contributed by atoms with E-state index in [0.717, 1.165) is 56.2 Å². The van der Waals surface area contributed by atoms with Gasteiger partial charge in [-0.2, -0.15) is 15.5 Å². The van der Waals surface area contributed by atoms with Gasteiger partial charge in [0.05, 0.1) is 23.0 Å². The van der Waals surface area contributed by atoms with Gasteiger partial charge < -0.3 is 21.7 Å². The molecule has 0 spiro atoms. The molecule has 1 aliphatic heterocycles. The summed E-state index contributed by atoms with van der Waals surface area (Å²) in [6, 6.07) is 10.7. The van der Waals surface area contributed by atoms with Gasteiger partial charge in [0.2, 0.25) is 5.95 Å². The monoisotopic (exact) mass is 442 g/mol. The fourth-order valence-corrected chi connectivity index (χ4v) is 4.56. The molecule has 168 valence electrons. The second-order valence-corrected chi connectivity index (χ2v) is 9.46. The maximum absolute atomic E-state index is 12.1. The number of nitrogens with zero attached hydrogens (tertiary/aromatic N) is 5. The first kappa shape index (κ1) is 21.2. The van der Waals surface area contributed by atoms with Gasteiger partial charge in [-0.05, 0) is 61.8 Å². The average molecular weight is 443 g/mol. The SMILES string of the molecule is N#CC1(c2cc(Nc3nc(N4CCCC(N)C4)ncc3C(N)=O)cc(C3(C#N)CC3)c2)CC1. The van der Waals surface area contributed by atoms with Crippen molar-refractivity contribution < 1.29 is 4.79 Å². The Hall–Kier alpha value is -3.69. The van der Waals surface area contributed by atoms with Crippen molar-refractivity contribution in [2.75, 3.05) is 23.3 Å². The molecule has 2 aliphatic carbocycles. The van der Waals surface area contributed by atoms with Crippen LogP contribution in [0, 0.1) is 22.7 Å². The number of hydrogen-bond acceptors (Lipinski definition) is 8. The van der Waals surface area contributed by atoms with E-state index in [1.807, 2.05) is 23.1 Å². The Balaban J connectivity index is 1.54. The molecule has 1 saturated heterocycles. The fourth-order valence-electron chi connectivity index (χ4n) is 4.56. The van der Waals surface area contributed by atoms with E-state index in [1.165, 1.54) is 6.20 Å². The quantitative estimate of drug-likeness (QED) is 0.615. The van der Waals surface area contributed by atoms with Crippen molar-refractivity contribution >= 4 is 23.4 Å². The van der Waals surface area contributed by atoms with Gasteiger partial charge in [-0.15, -0.1) is 0 Å². The van der Waals surface area contributed by atoms with Crippen LogP contribution in [-0.2, 0) is 10.8 Å². The van der Waals surface area contributed by atoms with E-state index >= 15 is 0 Å². The number of nitrogens with one attached hydrogen (secondary N) is 1. The van der Waals surface area contributed by atoms with Crippen molar-refractivity contribution in [2.45, 2.75) is 55.4 Å². The van der Waals surface area contributed by atoms with Gasteiger partial charge >= 0.3 is 0 Å². The van der Waals surface area contributed by atoms with Crippen LogP contribution in [0.5, 0.6) is 0 Å². The van der Waals surface area contributed by atoms with Crippen molar-refractivity contribution in [1.29, 1.82) is 10.5 Å². The second kappa shape index (κ2) is 7.72. The van der Waals surface area contributed by atoms with Crippen molar-refractivity contribution in [2.24, 2.45) is 11.5 Å². The van der Waals surface area contributed by atoms with Crippen LogP contribution >= 0.6 is 0 Å². The number of amides is 1. The average Bonchev–Trinajstić information content (AvgIpc) is 3.74. The molecule has 0 radical (unpaired) electrons. The van der Waals surface area contributed by atoms with Crippen LogP contribution < -0.4 is 21.7 Å².